The minimum Gasteiger partial charge on any atom is -0.481 e. The lowest BCUT2D eigenvalue weighted by atomic mass is 10.3. The predicted molar refractivity (Wildman–Crippen MR) is 87.0 cm³/mol. The van der Waals surface area contributed by atoms with Crippen molar-refractivity contribution in [1.29, 1.82) is 0 Å². The first-order chi connectivity index (χ1) is 11.3. The van der Waals surface area contributed by atoms with Crippen LogP contribution in [0.1, 0.15) is 12.8 Å². The zero-order valence-electron chi connectivity index (χ0n) is 13.4. The number of hydrogen-bond acceptors (Lipinski definition) is 4. The average Bonchev–Trinajstić information content (AvgIpc) is 3.02. The summed E-state index contributed by atoms with van der Waals surface area (Å²) in [6.07, 6.45) is 0.383. The molecule has 2 N–H and O–H groups in total. The van der Waals surface area contributed by atoms with Gasteiger partial charge in [-0.05, 0) is 18.6 Å². The molecule has 1 fully saturated rings. The van der Waals surface area contributed by atoms with Crippen LogP contribution in [0.5, 0.6) is 0 Å². The van der Waals surface area contributed by atoms with Gasteiger partial charge in [-0.2, -0.15) is 4.31 Å². The number of sulfonamides is 1. The summed E-state index contributed by atoms with van der Waals surface area (Å²) in [5.74, 6) is -0.976. The molecule has 0 aliphatic carbocycles. The first-order valence-corrected chi connectivity index (χ1v) is 9.03. The highest BCUT2D eigenvalue weighted by atomic mass is 32.2. The highest BCUT2D eigenvalue weighted by Gasteiger charge is 2.33. The van der Waals surface area contributed by atoms with Crippen molar-refractivity contribution in [3.63, 3.8) is 0 Å². The highest BCUT2D eigenvalue weighted by Crippen LogP contribution is 2.20. The lowest BCUT2D eigenvalue weighted by Crippen LogP contribution is -2.45. The molecular formula is C15H21N3O5S. The number of aliphatic carboxylic acids is 1. The van der Waals surface area contributed by atoms with Crippen LogP contribution in [0.25, 0.3) is 0 Å². The van der Waals surface area contributed by atoms with Gasteiger partial charge in [-0.3, -0.25) is 4.79 Å². The van der Waals surface area contributed by atoms with Gasteiger partial charge < -0.3 is 15.3 Å². The summed E-state index contributed by atoms with van der Waals surface area (Å²) >= 11 is 0. The third-order valence-corrected chi connectivity index (χ3v) is 5.75. The summed E-state index contributed by atoms with van der Waals surface area (Å²) in [5.41, 5.74) is 0. The minimum absolute atomic E-state index is 0.0971. The lowest BCUT2D eigenvalue weighted by Gasteiger charge is -2.21. The molecule has 1 aliphatic heterocycles. The molecule has 0 bridgehead atoms. The Labute approximate surface area is 141 Å². The van der Waals surface area contributed by atoms with Crippen molar-refractivity contribution in [2.45, 2.75) is 23.8 Å². The molecule has 0 aromatic heterocycles. The summed E-state index contributed by atoms with van der Waals surface area (Å²) < 4.78 is 26.4. The van der Waals surface area contributed by atoms with Crippen molar-refractivity contribution in [2.24, 2.45) is 0 Å². The maximum absolute atomic E-state index is 12.5. The Morgan fingerprint density at radius 1 is 1.33 bits per heavy atom. The highest BCUT2D eigenvalue weighted by molar-refractivity contribution is 7.89. The number of carbonyl (C=O) groups is 2. The second-order valence-electron chi connectivity index (χ2n) is 5.68. The lowest BCUT2D eigenvalue weighted by molar-refractivity contribution is -0.137. The zero-order valence-corrected chi connectivity index (χ0v) is 14.2. The van der Waals surface area contributed by atoms with Crippen molar-refractivity contribution in [3.8, 4) is 0 Å². The number of nitrogens with zero attached hydrogens (tertiary/aromatic N) is 2. The average molecular weight is 355 g/mol. The van der Waals surface area contributed by atoms with Crippen LogP contribution < -0.4 is 5.32 Å². The number of urea groups is 1. The van der Waals surface area contributed by atoms with E-state index in [0.29, 0.717) is 13.0 Å². The number of hydrogen-bond donors (Lipinski definition) is 2. The Kier molecular flexibility index (Phi) is 5.79. The number of benzene rings is 1. The number of nitrogens with one attached hydrogen (secondary N) is 1. The largest absolute Gasteiger partial charge is 0.481 e. The van der Waals surface area contributed by atoms with E-state index in [2.05, 4.69) is 5.32 Å². The number of carboxylic acids is 1. The molecular weight excluding hydrogens is 334 g/mol. The fourth-order valence-electron chi connectivity index (χ4n) is 2.46. The molecule has 2 rings (SSSR count). The monoisotopic (exact) mass is 355 g/mol. The molecule has 1 atom stereocenters. The van der Waals surface area contributed by atoms with Gasteiger partial charge in [-0.25, -0.2) is 13.2 Å². The SMILES string of the molecule is CN(CCC(=O)O)C(=O)N[C@H]1CCN(S(=O)(=O)c2ccccc2)C1. The van der Waals surface area contributed by atoms with Gasteiger partial charge in [0.1, 0.15) is 0 Å². The van der Waals surface area contributed by atoms with E-state index < -0.39 is 22.0 Å². The van der Waals surface area contributed by atoms with Gasteiger partial charge in [0.05, 0.1) is 11.3 Å². The normalized spacial score (nSPS) is 18.3. The van der Waals surface area contributed by atoms with Gasteiger partial charge in [-0.15, -0.1) is 0 Å². The molecule has 1 aromatic carbocycles. The number of rotatable bonds is 6. The molecule has 1 aliphatic rings. The van der Waals surface area contributed by atoms with E-state index in [4.69, 9.17) is 5.11 Å². The van der Waals surface area contributed by atoms with Crippen LogP contribution >= 0.6 is 0 Å². The van der Waals surface area contributed by atoms with Crippen LogP contribution in [0.3, 0.4) is 0 Å². The van der Waals surface area contributed by atoms with Crippen molar-refractivity contribution in [1.82, 2.24) is 14.5 Å². The molecule has 0 unspecified atom stereocenters. The van der Waals surface area contributed by atoms with E-state index in [1.54, 1.807) is 30.3 Å². The molecule has 24 heavy (non-hydrogen) atoms. The van der Waals surface area contributed by atoms with Crippen LogP contribution in [-0.2, 0) is 14.8 Å². The van der Waals surface area contributed by atoms with Gasteiger partial charge in [-0.1, -0.05) is 18.2 Å². The Balaban J connectivity index is 1.91. The van der Waals surface area contributed by atoms with E-state index in [0.717, 1.165) is 0 Å². The molecule has 1 aromatic rings. The smallest absolute Gasteiger partial charge is 0.317 e. The van der Waals surface area contributed by atoms with Gasteiger partial charge in [0.15, 0.2) is 0 Å². The third kappa shape index (κ3) is 4.45. The molecule has 0 spiro atoms. The fourth-order valence-corrected chi connectivity index (χ4v) is 3.98. The van der Waals surface area contributed by atoms with Gasteiger partial charge in [0, 0.05) is 32.7 Å². The van der Waals surface area contributed by atoms with Gasteiger partial charge >= 0.3 is 12.0 Å². The Bertz CT molecular complexity index is 692. The number of carbonyl (C=O) groups excluding carboxylic acids is 1. The van der Waals surface area contributed by atoms with Crippen LogP contribution in [-0.4, -0.2) is 67.5 Å². The van der Waals surface area contributed by atoms with E-state index >= 15 is 0 Å². The predicted octanol–water partition coefficient (Wildman–Crippen LogP) is 0.566. The number of carboxylic acid groups (broad SMARTS) is 1. The molecule has 9 heteroatoms. The first kappa shape index (κ1) is 18.2. The van der Waals surface area contributed by atoms with Crippen molar-refractivity contribution in [3.05, 3.63) is 30.3 Å². The van der Waals surface area contributed by atoms with Crippen molar-refractivity contribution in [2.75, 3.05) is 26.7 Å². The maximum atomic E-state index is 12.5. The Hall–Kier alpha value is -2.13. The minimum atomic E-state index is -3.56. The van der Waals surface area contributed by atoms with E-state index in [1.165, 1.54) is 16.3 Å². The molecule has 2 amide bonds. The van der Waals surface area contributed by atoms with Crippen molar-refractivity contribution < 1.29 is 23.1 Å². The summed E-state index contributed by atoms with van der Waals surface area (Å²) in [5, 5.41) is 11.4. The van der Waals surface area contributed by atoms with Crippen LogP contribution in [0.2, 0.25) is 0 Å². The zero-order chi connectivity index (χ0) is 17.7. The second kappa shape index (κ2) is 7.63. The molecule has 132 valence electrons. The van der Waals surface area contributed by atoms with E-state index in [-0.39, 0.29) is 30.4 Å². The summed E-state index contributed by atoms with van der Waals surface area (Å²) in [6.45, 7) is 0.636. The Morgan fingerprint density at radius 3 is 2.62 bits per heavy atom. The molecule has 0 saturated carbocycles. The van der Waals surface area contributed by atoms with Crippen LogP contribution in [0.15, 0.2) is 35.2 Å². The van der Waals surface area contributed by atoms with Gasteiger partial charge in [0.25, 0.3) is 0 Å². The number of amides is 2. The van der Waals surface area contributed by atoms with Crippen LogP contribution in [0.4, 0.5) is 4.79 Å². The quantitative estimate of drug-likeness (QED) is 0.776. The maximum Gasteiger partial charge on any atom is 0.317 e. The topological polar surface area (TPSA) is 107 Å². The first-order valence-electron chi connectivity index (χ1n) is 7.59. The molecule has 1 heterocycles. The summed E-state index contributed by atoms with van der Waals surface area (Å²) in [4.78, 5) is 24.0. The molecule has 8 nitrogen and oxygen atoms in total. The summed E-state index contributed by atoms with van der Waals surface area (Å²) in [7, 11) is -2.05. The Morgan fingerprint density at radius 2 is 2.00 bits per heavy atom. The van der Waals surface area contributed by atoms with E-state index in [1.807, 2.05) is 0 Å². The third-order valence-electron chi connectivity index (χ3n) is 3.87. The summed E-state index contributed by atoms with van der Waals surface area (Å²) in [6, 6.07) is 7.48. The standard InChI is InChI=1S/C15H21N3O5S/c1-17(9-8-14(19)20)15(21)16-12-7-10-18(11-12)24(22,23)13-5-3-2-4-6-13/h2-6,12H,7-11H2,1H3,(H,16,21)(H,19,20)/t12-/m0/s1. The molecule has 0 radical (unpaired) electrons. The molecule has 1 saturated heterocycles. The van der Waals surface area contributed by atoms with Gasteiger partial charge in [0.2, 0.25) is 10.0 Å². The second-order valence-corrected chi connectivity index (χ2v) is 7.61. The van der Waals surface area contributed by atoms with Crippen LogP contribution in [0, 0.1) is 0 Å². The van der Waals surface area contributed by atoms with Crippen molar-refractivity contribution >= 4 is 22.0 Å². The van der Waals surface area contributed by atoms with E-state index in [9.17, 15) is 18.0 Å². The fraction of sp³-hybridized carbons (Fsp3) is 0.467.